The maximum atomic E-state index is 12.7. The zero-order valence-electron chi connectivity index (χ0n) is 17.4. The molecule has 5 nitrogen and oxygen atoms in total. The first-order chi connectivity index (χ1) is 14.7. The van der Waals surface area contributed by atoms with Crippen molar-refractivity contribution in [3.8, 4) is 5.75 Å². The number of aromatic nitrogens is 1. The molecule has 0 unspecified atom stereocenters. The van der Waals surface area contributed by atoms with Crippen LogP contribution in [-0.2, 0) is 11.2 Å². The number of carbonyl (C=O) groups is 1. The molecule has 1 amide bonds. The van der Waals surface area contributed by atoms with Crippen LogP contribution in [0.25, 0.3) is 0 Å². The first-order valence-electron chi connectivity index (χ1n) is 11.0. The molecule has 160 valence electrons. The van der Waals surface area contributed by atoms with Crippen LogP contribution in [0.4, 0.5) is 0 Å². The maximum Gasteiger partial charge on any atom is 0.222 e. The first-order valence-corrected chi connectivity index (χ1v) is 11.8. The van der Waals surface area contributed by atoms with Gasteiger partial charge in [0.25, 0.3) is 0 Å². The largest absolute Gasteiger partial charge is 0.490 e. The Morgan fingerprint density at radius 2 is 1.70 bits per heavy atom. The molecule has 3 heterocycles. The Morgan fingerprint density at radius 3 is 2.40 bits per heavy atom. The Hall–Kier alpha value is -1.92. The Labute approximate surface area is 187 Å². The number of pyridine rings is 1. The van der Waals surface area contributed by atoms with Gasteiger partial charge >= 0.3 is 0 Å². The van der Waals surface area contributed by atoms with E-state index in [2.05, 4.69) is 36.8 Å². The molecule has 0 saturated carbocycles. The van der Waals surface area contributed by atoms with Gasteiger partial charge in [0.2, 0.25) is 5.91 Å². The molecule has 1 aromatic carbocycles. The van der Waals surface area contributed by atoms with Gasteiger partial charge in [0.1, 0.15) is 11.9 Å². The van der Waals surface area contributed by atoms with Crippen molar-refractivity contribution in [2.24, 2.45) is 0 Å². The number of nitrogens with zero attached hydrogens (tertiary/aromatic N) is 3. The molecular weight excluding hydrogens is 442 g/mol. The number of carbonyl (C=O) groups excluding carboxylic acids is 1. The summed E-state index contributed by atoms with van der Waals surface area (Å²) >= 11 is 3.57. The summed E-state index contributed by atoms with van der Waals surface area (Å²) in [5.74, 6) is 1.20. The second-order valence-corrected chi connectivity index (χ2v) is 9.09. The third-order valence-corrected chi connectivity index (χ3v) is 7.10. The summed E-state index contributed by atoms with van der Waals surface area (Å²) < 4.78 is 7.18. The van der Waals surface area contributed by atoms with E-state index in [1.165, 1.54) is 5.56 Å². The third kappa shape index (κ3) is 5.61. The van der Waals surface area contributed by atoms with E-state index in [0.717, 1.165) is 68.5 Å². The number of benzene rings is 1. The molecule has 2 fully saturated rings. The topological polar surface area (TPSA) is 45.7 Å². The molecule has 0 N–H and O–H groups in total. The molecule has 0 atom stereocenters. The van der Waals surface area contributed by atoms with Crippen LogP contribution in [0.15, 0.2) is 53.3 Å². The van der Waals surface area contributed by atoms with E-state index in [9.17, 15) is 4.79 Å². The monoisotopic (exact) mass is 471 g/mol. The van der Waals surface area contributed by atoms with Crippen molar-refractivity contribution >= 4 is 21.8 Å². The molecule has 2 aliphatic rings. The third-order valence-electron chi connectivity index (χ3n) is 6.33. The summed E-state index contributed by atoms with van der Waals surface area (Å²) in [4.78, 5) is 21.4. The van der Waals surface area contributed by atoms with Crippen molar-refractivity contribution in [1.82, 2.24) is 14.8 Å². The second kappa shape index (κ2) is 10.4. The van der Waals surface area contributed by atoms with Gasteiger partial charge < -0.3 is 9.64 Å². The number of hydrogen-bond acceptors (Lipinski definition) is 4. The number of aryl methyl sites for hydroxylation is 1. The first kappa shape index (κ1) is 21.3. The summed E-state index contributed by atoms with van der Waals surface area (Å²) in [6.45, 7) is 3.92. The minimum Gasteiger partial charge on any atom is -0.490 e. The van der Waals surface area contributed by atoms with E-state index in [4.69, 9.17) is 4.74 Å². The number of rotatable bonds is 6. The molecule has 0 spiro atoms. The van der Waals surface area contributed by atoms with E-state index in [1.54, 1.807) is 12.4 Å². The summed E-state index contributed by atoms with van der Waals surface area (Å²) in [6.07, 6.45) is 9.52. The highest BCUT2D eigenvalue weighted by Crippen LogP contribution is 2.24. The summed E-state index contributed by atoms with van der Waals surface area (Å²) in [5.41, 5.74) is 1.21. The Bertz CT molecular complexity index is 816. The van der Waals surface area contributed by atoms with Crippen LogP contribution in [-0.4, -0.2) is 59.0 Å². The average Bonchev–Trinajstić information content (AvgIpc) is 2.80. The van der Waals surface area contributed by atoms with E-state index in [0.29, 0.717) is 18.6 Å². The zero-order valence-corrected chi connectivity index (χ0v) is 19.0. The fourth-order valence-electron chi connectivity index (χ4n) is 4.55. The highest BCUT2D eigenvalue weighted by Gasteiger charge is 2.30. The SMILES string of the molecule is O=C(CCc1ccccc1Br)N1CCC(N2CCC(Oc3ccncc3)CC2)CC1. The predicted molar refractivity (Wildman–Crippen MR) is 122 cm³/mol. The lowest BCUT2D eigenvalue weighted by Gasteiger charge is -2.41. The van der Waals surface area contributed by atoms with Gasteiger partial charge in [-0.3, -0.25) is 14.7 Å². The van der Waals surface area contributed by atoms with Gasteiger partial charge in [-0.25, -0.2) is 0 Å². The molecule has 2 aromatic rings. The van der Waals surface area contributed by atoms with Gasteiger partial charge in [0, 0.05) is 55.5 Å². The van der Waals surface area contributed by atoms with Gasteiger partial charge in [0.05, 0.1) is 0 Å². The van der Waals surface area contributed by atoms with Crippen molar-refractivity contribution in [3.05, 3.63) is 58.8 Å². The lowest BCUT2D eigenvalue weighted by molar-refractivity contribution is -0.132. The van der Waals surface area contributed by atoms with Gasteiger partial charge in [-0.05, 0) is 55.9 Å². The van der Waals surface area contributed by atoms with E-state index in [-0.39, 0.29) is 5.91 Å². The van der Waals surface area contributed by atoms with E-state index in [1.807, 2.05) is 30.3 Å². The lowest BCUT2D eigenvalue weighted by Crippen LogP contribution is -2.50. The van der Waals surface area contributed by atoms with Crippen molar-refractivity contribution in [2.75, 3.05) is 26.2 Å². The van der Waals surface area contributed by atoms with Crippen LogP contribution < -0.4 is 4.74 Å². The van der Waals surface area contributed by atoms with Gasteiger partial charge in [-0.1, -0.05) is 34.1 Å². The Morgan fingerprint density at radius 1 is 1.00 bits per heavy atom. The number of likely N-dealkylation sites (tertiary alicyclic amines) is 2. The second-order valence-electron chi connectivity index (χ2n) is 8.24. The van der Waals surface area contributed by atoms with Crippen molar-refractivity contribution < 1.29 is 9.53 Å². The van der Waals surface area contributed by atoms with Crippen LogP contribution in [0.3, 0.4) is 0 Å². The quantitative estimate of drug-likeness (QED) is 0.629. The fraction of sp³-hybridized carbons (Fsp3) is 0.500. The average molecular weight is 472 g/mol. The molecule has 2 saturated heterocycles. The van der Waals surface area contributed by atoms with E-state index >= 15 is 0 Å². The summed E-state index contributed by atoms with van der Waals surface area (Å²) in [6, 6.07) is 12.6. The number of amides is 1. The summed E-state index contributed by atoms with van der Waals surface area (Å²) in [5, 5.41) is 0. The summed E-state index contributed by atoms with van der Waals surface area (Å²) in [7, 11) is 0. The highest BCUT2D eigenvalue weighted by molar-refractivity contribution is 9.10. The van der Waals surface area contributed by atoms with Crippen molar-refractivity contribution in [2.45, 2.75) is 50.7 Å². The molecule has 2 aliphatic heterocycles. The van der Waals surface area contributed by atoms with Crippen LogP contribution in [0.5, 0.6) is 5.75 Å². The van der Waals surface area contributed by atoms with Crippen molar-refractivity contribution in [3.63, 3.8) is 0 Å². The van der Waals surface area contributed by atoms with Crippen LogP contribution in [0.2, 0.25) is 0 Å². The molecule has 0 aliphatic carbocycles. The number of piperidine rings is 2. The lowest BCUT2D eigenvalue weighted by atomic mass is 9.98. The maximum absolute atomic E-state index is 12.7. The molecular formula is C24H30BrN3O2. The van der Waals surface area contributed by atoms with Gasteiger partial charge in [0.15, 0.2) is 0 Å². The van der Waals surface area contributed by atoms with Gasteiger partial charge in [-0.15, -0.1) is 0 Å². The molecule has 0 radical (unpaired) electrons. The minimum atomic E-state index is 0.286. The zero-order chi connectivity index (χ0) is 20.8. The van der Waals surface area contributed by atoms with Crippen LogP contribution >= 0.6 is 15.9 Å². The van der Waals surface area contributed by atoms with E-state index < -0.39 is 0 Å². The molecule has 1 aromatic heterocycles. The minimum absolute atomic E-state index is 0.286. The number of halogens is 1. The number of hydrogen-bond donors (Lipinski definition) is 0. The van der Waals surface area contributed by atoms with Crippen LogP contribution in [0, 0.1) is 0 Å². The predicted octanol–water partition coefficient (Wildman–Crippen LogP) is 4.31. The number of ether oxygens (including phenoxy) is 1. The Balaban J connectivity index is 1.18. The molecule has 4 rings (SSSR count). The van der Waals surface area contributed by atoms with Gasteiger partial charge in [-0.2, -0.15) is 0 Å². The highest BCUT2D eigenvalue weighted by atomic mass is 79.9. The normalized spacial score (nSPS) is 19.0. The van der Waals surface area contributed by atoms with Crippen molar-refractivity contribution in [1.29, 1.82) is 0 Å². The smallest absolute Gasteiger partial charge is 0.222 e. The standard InChI is InChI=1S/C24H30BrN3O2/c25-23-4-2-1-3-19(23)5-6-24(29)28-15-9-20(10-16-28)27-17-11-22(12-18-27)30-21-7-13-26-14-8-21/h1-4,7-8,13-14,20,22H,5-6,9-12,15-18H2. The Kier molecular flexibility index (Phi) is 7.39. The molecule has 30 heavy (non-hydrogen) atoms. The fourth-order valence-corrected chi connectivity index (χ4v) is 5.03. The van der Waals surface area contributed by atoms with Crippen LogP contribution in [0.1, 0.15) is 37.7 Å². The molecule has 0 bridgehead atoms. The molecule has 6 heteroatoms.